The Morgan fingerprint density at radius 1 is 1.42 bits per heavy atom. The van der Waals surface area contributed by atoms with Crippen LogP contribution < -0.4 is 0 Å². The lowest BCUT2D eigenvalue weighted by atomic mass is 10.1. The van der Waals surface area contributed by atoms with Crippen molar-refractivity contribution < 1.29 is 14.2 Å². The second-order valence-electron chi connectivity index (χ2n) is 4.34. The van der Waals surface area contributed by atoms with Gasteiger partial charge in [-0.2, -0.15) is 0 Å². The van der Waals surface area contributed by atoms with Crippen LogP contribution >= 0.6 is 11.8 Å². The van der Waals surface area contributed by atoms with Gasteiger partial charge in [-0.15, -0.1) is 5.10 Å². The highest BCUT2D eigenvalue weighted by atomic mass is 32.2. The van der Waals surface area contributed by atoms with Gasteiger partial charge in [-0.1, -0.05) is 11.8 Å². The molecule has 1 aliphatic rings. The minimum absolute atomic E-state index is 0.310. The van der Waals surface area contributed by atoms with Gasteiger partial charge in [0.25, 0.3) is 0 Å². The predicted octanol–water partition coefficient (Wildman–Crippen LogP) is 0.953. The molecule has 1 unspecified atom stereocenters. The number of nitrogens with zero attached hydrogens (tertiary/aromatic N) is 4. The lowest BCUT2D eigenvalue weighted by molar-refractivity contribution is -0.113. The molecule has 0 saturated carbocycles. The minimum atomic E-state index is -0.339. The zero-order chi connectivity index (χ0) is 13.5. The number of tetrazole rings is 1. The van der Waals surface area contributed by atoms with E-state index in [9.17, 15) is 0 Å². The first-order valence-corrected chi connectivity index (χ1v) is 7.38. The van der Waals surface area contributed by atoms with Gasteiger partial charge in [0, 0.05) is 26.6 Å². The normalized spacial score (nSPS) is 20.1. The van der Waals surface area contributed by atoms with Crippen LogP contribution in [0.4, 0.5) is 0 Å². The van der Waals surface area contributed by atoms with E-state index in [2.05, 4.69) is 15.5 Å². The van der Waals surface area contributed by atoms with Crippen LogP contribution in [-0.4, -0.2) is 59.2 Å². The Morgan fingerprint density at radius 3 is 2.95 bits per heavy atom. The van der Waals surface area contributed by atoms with Crippen LogP contribution in [0.5, 0.6) is 0 Å². The maximum atomic E-state index is 5.69. The van der Waals surface area contributed by atoms with Crippen molar-refractivity contribution in [2.24, 2.45) is 0 Å². The first-order chi connectivity index (χ1) is 9.33. The minimum Gasteiger partial charge on any atom is -0.377 e. The van der Waals surface area contributed by atoms with Crippen molar-refractivity contribution in [1.82, 2.24) is 20.2 Å². The topological polar surface area (TPSA) is 71.3 Å². The molecule has 8 heteroatoms. The van der Waals surface area contributed by atoms with E-state index in [4.69, 9.17) is 14.2 Å². The van der Waals surface area contributed by atoms with Gasteiger partial charge in [0.1, 0.15) is 0 Å². The van der Waals surface area contributed by atoms with Crippen LogP contribution in [0.15, 0.2) is 5.16 Å². The number of aromatic nitrogens is 4. The van der Waals surface area contributed by atoms with Crippen molar-refractivity contribution >= 4 is 11.8 Å². The molecule has 1 aromatic heterocycles. The molecular formula is C11H20N4O3S. The third-order valence-electron chi connectivity index (χ3n) is 3.02. The van der Waals surface area contributed by atoms with E-state index in [0.717, 1.165) is 23.9 Å². The van der Waals surface area contributed by atoms with Crippen molar-refractivity contribution in [2.45, 2.75) is 43.4 Å². The van der Waals surface area contributed by atoms with E-state index in [0.29, 0.717) is 12.6 Å². The third-order valence-corrected chi connectivity index (χ3v) is 4.11. The monoisotopic (exact) mass is 288 g/mol. The molecule has 1 fully saturated rings. The van der Waals surface area contributed by atoms with Gasteiger partial charge >= 0.3 is 0 Å². The molecule has 0 bridgehead atoms. The SMILES string of the molecule is COC(Cn1nnnc1SCC1CCCCO1)OC. The fourth-order valence-corrected chi connectivity index (χ4v) is 2.86. The summed E-state index contributed by atoms with van der Waals surface area (Å²) in [4.78, 5) is 0. The summed E-state index contributed by atoms with van der Waals surface area (Å²) in [5.74, 6) is 0.880. The van der Waals surface area contributed by atoms with Crippen LogP contribution in [-0.2, 0) is 20.8 Å². The van der Waals surface area contributed by atoms with E-state index >= 15 is 0 Å². The van der Waals surface area contributed by atoms with Gasteiger partial charge in [-0.05, 0) is 29.7 Å². The third kappa shape index (κ3) is 4.41. The fraction of sp³-hybridized carbons (Fsp3) is 0.909. The Balaban J connectivity index is 1.84. The standard InChI is InChI=1S/C11H20N4O3S/c1-16-10(17-2)7-15-11(12-13-14-15)19-8-9-5-3-4-6-18-9/h9-10H,3-8H2,1-2H3. The Hall–Kier alpha value is -0.700. The summed E-state index contributed by atoms with van der Waals surface area (Å²) in [6, 6.07) is 0. The highest BCUT2D eigenvalue weighted by molar-refractivity contribution is 7.99. The molecule has 0 spiro atoms. The van der Waals surface area contributed by atoms with E-state index in [-0.39, 0.29) is 6.29 Å². The Morgan fingerprint density at radius 2 is 2.26 bits per heavy atom. The van der Waals surface area contributed by atoms with Crippen molar-refractivity contribution in [3.05, 3.63) is 0 Å². The number of hydrogen-bond donors (Lipinski definition) is 0. The molecule has 1 aliphatic heterocycles. The van der Waals surface area contributed by atoms with Crippen LogP contribution in [0.2, 0.25) is 0 Å². The van der Waals surface area contributed by atoms with E-state index in [1.165, 1.54) is 12.8 Å². The second kappa shape index (κ2) is 7.78. The molecule has 0 amide bonds. The molecule has 108 valence electrons. The molecule has 0 N–H and O–H groups in total. The average molecular weight is 288 g/mol. The van der Waals surface area contributed by atoms with Crippen molar-refractivity contribution in [1.29, 1.82) is 0 Å². The summed E-state index contributed by atoms with van der Waals surface area (Å²) >= 11 is 1.61. The molecule has 2 heterocycles. The quantitative estimate of drug-likeness (QED) is 0.546. The number of ether oxygens (including phenoxy) is 3. The first kappa shape index (κ1) is 14.7. The maximum absolute atomic E-state index is 5.69. The van der Waals surface area contributed by atoms with Crippen LogP contribution in [0.1, 0.15) is 19.3 Å². The lowest BCUT2D eigenvalue weighted by Crippen LogP contribution is -2.23. The number of rotatable bonds is 7. The van der Waals surface area contributed by atoms with E-state index in [1.54, 1.807) is 30.7 Å². The second-order valence-corrected chi connectivity index (χ2v) is 5.33. The predicted molar refractivity (Wildman–Crippen MR) is 69.9 cm³/mol. The zero-order valence-electron chi connectivity index (χ0n) is 11.3. The number of thioether (sulfide) groups is 1. The molecule has 19 heavy (non-hydrogen) atoms. The number of hydrogen-bond acceptors (Lipinski definition) is 7. The Bertz CT molecular complexity index is 367. The molecule has 0 radical (unpaired) electrons. The molecule has 7 nitrogen and oxygen atoms in total. The summed E-state index contributed by atoms with van der Waals surface area (Å²) in [6.45, 7) is 1.35. The molecule has 0 aromatic carbocycles. The molecule has 0 aliphatic carbocycles. The summed E-state index contributed by atoms with van der Waals surface area (Å²) in [5, 5.41) is 12.4. The van der Waals surface area contributed by atoms with Gasteiger partial charge in [0.15, 0.2) is 6.29 Å². The van der Waals surface area contributed by atoms with Crippen LogP contribution in [0.25, 0.3) is 0 Å². The summed E-state index contributed by atoms with van der Waals surface area (Å²) in [6.07, 6.45) is 3.50. The van der Waals surface area contributed by atoms with Gasteiger partial charge in [0.2, 0.25) is 5.16 Å². The van der Waals surface area contributed by atoms with E-state index in [1.807, 2.05) is 0 Å². The van der Waals surface area contributed by atoms with Gasteiger partial charge < -0.3 is 14.2 Å². The maximum Gasteiger partial charge on any atom is 0.209 e. The highest BCUT2D eigenvalue weighted by Crippen LogP contribution is 2.21. The first-order valence-electron chi connectivity index (χ1n) is 6.39. The largest absolute Gasteiger partial charge is 0.377 e. The van der Waals surface area contributed by atoms with Gasteiger partial charge in [-0.25, -0.2) is 4.68 Å². The van der Waals surface area contributed by atoms with Gasteiger partial charge in [0.05, 0.1) is 12.6 Å². The van der Waals surface area contributed by atoms with Crippen LogP contribution in [0, 0.1) is 0 Å². The molecule has 2 rings (SSSR count). The average Bonchev–Trinajstić information content (AvgIpc) is 2.91. The summed E-state index contributed by atoms with van der Waals surface area (Å²) in [7, 11) is 3.20. The summed E-state index contributed by atoms with van der Waals surface area (Å²) < 4.78 is 17.7. The molecular weight excluding hydrogens is 268 g/mol. The smallest absolute Gasteiger partial charge is 0.209 e. The highest BCUT2D eigenvalue weighted by Gasteiger charge is 2.17. The number of methoxy groups -OCH3 is 2. The van der Waals surface area contributed by atoms with Crippen molar-refractivity contribution in [3.8, 4) is 0 Å². The molecule has 1 saturated heterocycles. The zero-order valence-corrected chi connectivity index (χ0v) is 12.1. The Labute approximate surface area is 117 Å². The lowest BCUT2D eigenvalue weighted by Gasteiger charge is -2.21. The fourth-order valence-electron chi connectivity index (χ4n) is 1.91. The van der Waals surface area contributed by atoms with Gasteiger partial charge in [-0.3, -0.25) is 0 Å². The molecule has 1 atom stereocenters. The summed E-state index contributed by atoms with van der Waals surface area (Å²) in [5.41, 5.74) is 0. The van der Waals surface area contributed by atoms with Crippen molar-refractivity contribution in [2.75, 3.05) is 26.6 Å². The van der Waals surface area contributed by atoms with Crippen LogP contribution in [0.3, 0.4) is 0 Å². The van der Waals surface area contributed by atoms with E-state index < -0.39 is 0 Å². The van der Waals surface area contributed by atoms with Crippen molar-refractivity contribution in [3.63, 3.8) is 0 Å². The Kier molecular flexibility index (Phi) is 6.02. The molecule has 1 aromatic rings.